The van der Waals surface area contributed by atoms with Crippen molar-refractivity contribution in [1.82, 2.24) is 9.55 Å². The van der Waals surface area contributed by atoms with Crippen molar-refractivity contribution < 1.29 is 9.84 Å². The molecule has 2 aromatic carbocycles. The van der Waals surface area contributed by atoms with Crippen molar-refractivity contribution in [3.8, 4) is 11.8 Å². The second-order valence-electron chi connectivity index (χ2n) is 5.36. The lowest BCUT2D eigenvalue weighted by molar-refractivity contribution is 0.185. The molecule has 1 aromatic heterocycles. The molecular formula is C18H17N3O2. The maximum absolute atomic E-state index is 10.0. The number of benzene rings is 2. The molecule has 0 bridgehead atoms. The zero-order chi connectivity index (χ0) is 16.4. The number of nitriles is 1. The predicted molar refractivity (Wildman–Crippen MR) is 87.2 cm³/mol. The van der Waals surface area contributed by atoms with E-state index >= 15 is 0 Å². The predicted octanol–water partition coefficient (Wildman–Crippen LogP) is 3.02. The Hall–Kier alpha value is -2.84. The lowest BCUT2D eigenvalue weighted by Gasteiger charge is -2.14. The van der Waals surface area contributed by atoms with Gasteiger partial charge in [0.15, 0.2) is 0 Å². The van der Waals surface area contributed by atoms with Crippen LogP contribution in [-0.2, 0) is 6.54 Å². The van der Waals surface area contributed by atoms with E-state index in [9.17, 15) is 5.11 Å². The van der Waals surface area contributed by atoms with Crippen molar-refractivity contribution in [2.24, 2.45) is 0 Å². The van der Waals surface area contributed by atoms with E-state index in [1.54, 1.807) is 26.2 Å². The first kappa shape index (κ1) is 15.1. The topological polar surface area (TPSA) is 71.1 Å². The van der Waals surface area contributed by atoms with Crippen LogP contribution in [0.15, 0.2) is 42.5 Å². The summed E-state index contributed by atoms with van der Waals surface area (Å²) in [7, 11) is 1.58. The highest BCUT2D eigenvalue weighted by atomic mass is 16.5. The Kier molecular flexibility index (Phi) is 4.00. The number of para-hydroxylation sites is 2. The third-order valence-electron chi connectivity index (χ3n) is 3.80. The van der Waals surface area contributed by atoms with Gasteiger partial charge in [0.25, 0.3) is 0 Å². The number of hydrogen-bond acceptors (Lipinski definition) is 4. The molecule has 3 aromatic rings. The van der Waals surface area contributed by atoms with Crippen molar-refractivity contribution in [3.05, 3.63) is 59.4 Å². The van der Waals surface area contributed by atoms with E-state index in [0.29, 0.717) is 23.7 Å². The van der Waals surface area contributed by atoms with Gasteiger partial charge in [0, 0.05) is 5.56 Å². The summed E-state index contributed by atoms with van der Waals surface area (Å²) in [6.07, 6.45) is -0.674. The van der Waals surface area contributed by atoms with Gasteiger partial charge >= 0.3 is 0 Å². The number of aliphatic hydroxyl groups is 1. The maximum Gasteiger partial charge on any atom is 0.138 e. The first-order valence-corrected chi connectivity index (χ1v) is 7.34. The van der Waals surface area contributed by atoms with Crippen molar-refractivity contribution in [2.45, 2.75) is 19.6 Å². The molecule has 0 aliphatic heterocycles. The molecule has 0 aliphatic rings. The van der Waals surface area contributed by atoms with Gasteiger partial charge in [-0.05, 0) is 31.2 Å². The summed E-state index contributed by atoms with van der Waals surface area (Å²) in [5, 5.41) is 19.0. The van der Waals surface area contributed by atoms with Crippen molar-refractivity contribution in [2.75, 3.05) is 7.11 Å². The van der Waals surface area contributed by atoms with Crippen LogP contribution in [0.5, 0.6) is 5.75 Å². The highest BCUT2D eigenvalue weighted by Gasteiger charge is 2.16. The van der Waals surface area contributed by atoms with E-state index < -0.39 is 6.10 Å². The average Bonchev–Trinajstić information content (AvgIpc) is 2.94. The standard InChI is InChI=1S/C18H17N3O2/c1-12(22)18-20-15-5-3-4-6-16(15)21(18)11-14-8-7-13(10-19)9-17(14)23-2/h3-9,12,22H,11H2,1-2H3/t12-/m1/s1. The van der Waals surface area contributed by atoms with Gasteiger partial charge in [0.1, 0.15) is 17.7 Å². The molecule has 5 heteroatoms. The molecule has 0 unspecified atom stereocenters. The number of rotatable bonds is 4. The van der Waals surface area contributed by atoms with Crippen LogP contribution in [0.3, 0.4) is 0 Å². The molecular weight excluding hydrogens is 290 g/mol. The summed E-state index contributed by atoms with van der Waals surface area (Å²) in [4.78, 5) is 4.52. The minimum atomic E-state index is -0.674. The van der Waals surface area contributed by atoms with Gasteiger partial charge in [-0.2, -0.15) is 5.26 Å². The second kappa shape index (κ2) is 6.11. The van der Waals surface area contributed by atoms with E-state index in [2.05, 4.69) is 11.1 Å². The molecule has 0 radical (unpaired) electrons. The van der Waals surface area contributed by atoms with Crippen LogP contribution >= 0.6 is 0 Å². The summed E-state index contributed by atoms with van der Waals surface area (Å²) in [5.41, 5.74) is 3.28. The van der Waals surface area contributed by atoms with E-state index in [-0.39, 0.29) is 0 Å². The molecule has 1 N–H and O–H groups in total. The van der Waals surface area contributed by atoms with Crippen LogP contribution in [0.1, 0.15) is 30.0 Å². The molecule has 0 saturated carbocycles. The molecule has 1 heterocycles. The fourth-order valence-electron chi connectivity index (χ4n) is 2.69. The van der Waals surface area contributed by atoms with Crippen LogP contribution in [-0.4, -0.2) is 21.8 Å². The fourth-order valence-corrected chi connectivity index (χ4v) is 2.69. The van der Waals surface area contributed by atoms with Gasteiger partial charge in [0.2, 0.25) is 0 Å². The lowest BCUT2D eigenvalue weighted by Crippen LogP contribution is -2.09. The number of imidazole rings is 1. The minimum absolute atomic E-state index is 0.510. The smallest absolute Gasteiger partial charge is 0.138 e. The number of aliphatic hydroxyl groups excluding tert-OH is 1. The number of aromatic nitrogens is 2. The zero-order valence-electron chi connectivity index (χ0n) is 13.0. The molecule has 116 valence electrons. The number of nitrogens with zero attached hydrogens (tertiary/aromatic N) is 3. The van der Waals surface area contributed by atoms with E-state index in [4.69, 9.17) is 10.00 Å². The Bertz CT molecular complexity index is 891. The average molecular weight is 307 g/mol. The van der Waals surface area contributed by atoms with E-state index in [1.807, 2.05) is 34.9 Å². The summed E-state index contributed by atoms with van der Waals surface area (Å²) in [5.74, 6) is 1.26. The molecule has 5 nitrogen and oxygen atoms in total. The monoisotopic (exact) mass is 307 g/mol. The van der Waals surface area contributed by atoms with E-state index in [1.165, 1.54) is 0 Å². The quantitative estimate of drug-likeness (QED) is 0.804. The highest BCUT2D eigenvalue weighted by molar-refractivity contribution is 5.76. The van der Waals surface area contributed by atoms with Gasteiger partial charge in [0.05, 0.1) is 36.3 Å². The number of fused-ring (bicyclic) bond motifs is 1. The van der Waals surface area contributed by atoms with Crippen molar-refractivity contribution in [1.29, 1.82) is 5.26 Å². The van der Waals surface area contributed by atoms with Gasteiger partial charge in [-0.3, -0.25) is 0 Å². The normalized spacial score (nSPS) is 12.1. The first-order chi connectivity index (χ1) is 11.1. The second-order valence-corrected chi connectivity index (χ2v) is 5.36. The zero-order valence-corrected chi connectivity index (χ0v) is 13.0. The molecule has 3 rings (SSSR count). The van der Waals surface area contributed by atoms with Gasteiger partial charge < -0.3 is 14.4 Å². The molecule has 0 saturated heterocycles. The number of methoxy groups -OCH3 is 1. The minimum Gasteiger partial charge on any atom is -0.496 e. The Balaban J connectivity index is 2.11. The number of ether oxygens (including phenoxy) is 1. The fraction of sp³-hybridized carbons (Fsp3) is 0.222. The summed E-state index contributed by atoms with van der Waals surface area (Å²) in [6.45, 7) is 2.21. The molecule has 0 spiro atoms. The molecule has 0 amide bonds. The Morgan fingerprint density at radius 3 is 2.78 bits per heavy atom. The summed E-state index contributed by atoms with van der Waals surface area (Å²) in [6, 6.07) is 15.2. The van der Waals surface area contributed by atoms with Gasteiger partial charge in [-0.15, -0.1) is 0 Å². The maximum atomic E-state index is 10.0. The molecule has 23 heavy (non-hydrogen) atoms. The van der Waals surface area contributed by atoms with Crippen LogP contribution in [0.25, 0.3) is 11.0 Å². The molecule has 0 fully saturated rings. The third-order valence-corrected chi connectivity index (χ3v) is 3.80. The Morgan fingerprint density at radius 2 is 2.09 bits per heavy atom. The molecule has 0 aliphatic carbocycles. The van der Waals surface area contributed by atoms with Crippen LogP contribution < -0.4 is 4.74 Å². The van der Waals surface area contributed by atoms with Crippen LogP contribution in [0.2, 0.25) is 0 Å². The Labute approximate surface area is 134 Å². The highest BCUT2D eigenvalue weighted by Crippen LogP contribution is 2.26. The van der Waals surface area contributed by atoms with Gasteiger partial charge in [-0.1, -0.05) is 18.2 Å². The SMILES string of the molecule is COc1cc(C#N)ccc1Cn1c([C@@H](C)O)nc2ccccc21. The largest absolute Gasteiger partial charge is 0.496 e. The third kappa shape index (κ3) is 2.77. The van der Waals surface area contributed by atoms with Gasteiger partial charge in [-0.25, -0.2) is 4.98 Å². The van der Waals surface area contributed by atoms with Crippen molar-refractivity contribution in [3.63, 3.8) is 0 Å². The lowest BCUT2D eigenvalue weighted by atomic mass is 10.1. The Morgan fingerprint density at radius 1 is 1.30 bits per heavy atom. The van der Waals surface area contributed by atoms with E-state index in [0.717, 1.165) is 16.6 Å². The first-order valence-electron chi connectivity index (χ1n) is 7.34. The van der Waals surface area contributed by atoms with Crippen LogP contribution in [0.4, 0.5) is 0 Å². The summed E-state index contributed by atoms with van der Waals surface area (Å²) >= 11 is 0. The number of hydrogen-bond donors (Lipinski definition) is 1. The molecule has 1 atom stereocenters. The van der Waals surface area contributed by atoms with Crippen molar-refractivity contribution >= 4 is 11.0 Å². The van der Waals surface area contributed by atoms with Crippen LogP contribution in [0, 0.1) is 11.3 Å². The summed E-state index contributed by atoms with van der Waals surface area (Å²) < 4.78 is 7.38.